The molecule has 2 atom stereocenters. The zero-order chi connectivity index (χ0) is 13.9. The highest BCUT2D eigenvalue weighted by molar-refractivity contribution is 7.11. The summed E-state index contributed by atoms with van der Waals surface area (Å²) in [5, 5.41) is 8.33. The number of nitrogens with one attached hydrogen (secondary N) is 2. The second-order valence-electron chi connectivity index (χ2n) is 5.55. The van der Waals surface area contributed by atoms with Crippen LogP contribution < -0.4 is 10.6 Å². The molecule has 0 aliphatic carbocycles. The van der Waals surface area contributed by atoms with Crippen LogP contribution in [-0.4, -0.2) is 18.1 Å². The average molecular weight is 287 g/mol. The van der Waals surface area contributed by atoms with Gasteiger partial charge in [-0.2, -0.15) is 0 Å². The van der Waals surface area contributed by atoms with Crippen molar-refractivity contribution in [2.24, 2.45) is 5.92 Å². The number of aryl methyl sites for hydroxylation is 1. The fourth-order valence-electron chi connectivity index (χ4n) is 2.66. The maximum absolute atomic E-state index is 4.46. The highest BCUT2D eigenvalue weighted by atomic mass is 32.1. The summed E-state index contributed by atoms with van der Waals surface area (Å²) in [5.74, 6) is 0.647. The lowest BCUT2D eigenvalue weighted by atomic mass is 9.94. The van der Waals surface area contributed by atoms with Gasteiger partial charge in [-0.1, -0.05) is 18.2 Å². The van der Waals surface area contributed by atoms with Crippen LogP contribution in [0.1, 0.15) is 28.4 Å². The van der Waals surface area contributed by atoms with E-state index in [9.17, 15) is 0 Å². The molecule has 0 fully saturated rings. The molecule has 2 N–H and O–H groups in total. The van der Waals surface area contributed by atoms with E-state index in [0.717, 1.165) is 19.5 Å². The molecule has 0 saturated heterocycles. The van der Waals surface area contributed by atoms with Crippen molar-refractivity contribution in [1.29, 1.82) is 0 Å². The number of thiazole rings is 1. The molecule has 0 radical (unpaired) electrons. The second kappa shape index (κ2) is 5.94. The maximum Gasteiger partial charge on any atom is 0.109 e. The summed E-state index contributed by atoms with van der Waals surface area (Å²) in [6.45, 7) is 6.38. The summed E-state index contributed by atoms with van der Waals surface area (Å²) in [6.07, 6.45) is 3.11. The Morgan fingerprint density at radius 3 is 3.10 bits per heavy atom. The van der Waals surface area contributed by atoms with Crippen LogP contribution >= 0.6 is 11.3 Å². The third-order valence-electron chi connectivity index (χ3n) is 3.83. The van der Waals surface area contributed by atoms with Crippen molar-refractivity contribution >= 4 is 17.0 Å². The predicted octanol–water partition coefficient (Wildman–Crippen LogP) is 3.39. The van der Waals surface area contributed by atoms with Gasteiger partial charge in [-0.05, 0) is 37.8 Å². The molecule has 1 aromatic carbocycles. The molecule has 20 heavy (non-hydrogen) atoms. The van der Waals surface area contributed by atoms with E-state index in [1.807, 2.05) is 6.20 Å². The van der Waals surface area contributed by atoms with E-state index in [1.54, 1.807) is 11.3 Å². The van der Waals surface area contributed by atoms with Crippen LogP contribution in [0, 0.1) is 12.8 Å². The number of nitrogens with zero attached hydrogens (tertiary/aromatic N) is 1. The maximum atomic E-state index is 4.46. The summed E-state index contributed by atoms with van der Waals surface area (Å²) in [6, 6.07) is 8.95. The van der Waals surface area contributed by atoms with Gasteiger partial charge in [0.15, 0.2) is 0 Å². The van der Waals surface area contributed by atoms with Gasteiger partial charge in [0.2, 0.25) is 0 Å². The van der Waals surface area contributed by atoms with E-state index in [4.69, 9.17) is 0 Å². The zero-order valence-electron chi connectivity index (χ0n) is 12.0. The van der Waals surface area contributed by atoms with Crippen LogP contribution in [0.4, 0.5) is 5.69 Å². The van der Waals surface area contributed by atoms with Gasteiger partial charge in [-0.3, -0.25) is 0 Å². The van der Waals surface area contributed by atoms with Crippen LogP contribution in [-0.2, 0) is 6.42 Å². The van der Waals surface area contributed by atoms with Gasteiger partial charge in [0.05, 0.1) is 6.04 Å². The lowest BCUT2D eigenvalue weighted by Crippen LogP contribution is -2.33. The first-order valence-electron chi connectivity index (χ1n) is 7.20. The number of hydrogen-bond donors (Lipinski definition) is 2. The number of anilines is 1. The Bertz CT molecular complexity index is 579. The minimum absolute atomic E-state index is 0.339. The molecule has 4 heteroatoms. The third kappa shape index (κ3) is 3.02. The molecule has 1 aliphatic heterocycles. The normalized spacial score (nSPS) is 19.2. The van der Waals surface area contributed by atoms with Crippen molar-refractivity contribution in [3.8, 4) is 0 Å². The van der Waals surface area contributed by atoms with Gasteiger partial charge in [-0.25, -0.2) is 4.98 Å². The van der Waals surface area contributed by atoms with E-state index in [1.165, 1.54) is 21.1 Å². The Labute approximate surface area is 124 Å². The molecule has 3 rings (SSSR count). The number of benzene rings is 1. The number of aromatic nitrogens is 1. The lowest BCUT2D eigenvalue weighted by Gasteiger charge is -2.27. The van der Waals surface area contributed by atoms with Gasteiger partial charge in [0.1, 0.15) is 5.01 Å². The van der Waals surface area contributed by atoms with Crippen molar-refractivity contribution in [2.45, 2.75) is 26.3 Å². The fraction of sp³-hybridized carbons (Fsp3) is 0.438. The molecule has 0 spiro atoms. The van der Waals surface area contributed by atoms with Gasteiger partial charge >= 0.3 is 0 Å². The highest BCUT2D eigenvalue weighted by Crippen LogP contribution is 2.25. The van der Waals surface area contributed by atoms with E-state index < -0.39 is 0 Å². The first-order valence-corrected chi connectivity index (χ1v) is 8.01. The van der Waals surface area contributed by atoms with Gasteiger partial charge in [-0.15, -0.1) is 11.3 Å². The van der Waals surface area contributed by atoms with Crippen molar-refractivity contribution in [3.05, 3.63) is 45.9 Å². The molecule has 106 valence electrons. The quantitative estimate of drug-likeness (QED) is 0.905. The van der Waals surface area contributed by atoms with E-state index in [2.05, 4.69) is 53.7 Å². The molecular formula is C16H21N3S. The van der Waals surface area contributed by atoms with Crippen molar-refractivity contribution in [2.75, 3.05) is 18.4 Å². The van der Waals surface area contributed by atoms with Gasteiger partial charge in [0.25, 0.3) is 0 Å². The largest absolute Gasteiger partial charge is 0.384 e. The number of para-hydroxylation sites is 1. The SMILES string of the molecule is Cc1cnc(C(C)NCC2CNc3ccccc3C2)s1. The fourth-order valence-corrected chi connectivity index (χ4v) is 3.46. The van der Waals surface area contributed by atoms with Crippen LogP contribution in [0.5, 0.6) is 0 Å². The molecule has 0 saturated carbocycles. The monoisotopic (exact) mass is 287 g/mol. The standard InChI is InChI=1S/C16H21N3S/c1-11-8-19-16(20-11)12(2)17-9-13-7-14-5-3-4-6-15(14)18-10-13/h3-6,8,12-13,17-18H,7,9-10H2,1-2H3. The highest BCUT2D eigenvalue weighted by Gasteiger charge is 2.19. The molecule has 2 aromatic rings. The molecular weight excluding hydrogens is 266 g/mol. The summed E-state index contributed by atoms with van der Waals surface area (Å²) in [4.78, 5) is 5.74. The summed E-state index contributed by atoms with van der Waals surface area (Å²) >= 11 is 1.78. The van der Waals surface area contributed by atoms with Crippen LogP contribution in [0.3, 0.4) is 0 Å². The van der Waals surface area contributed by atoms with E-state index >= 15 is 0 Å². The smallest absolute Gasteiger partial charge is 0.109 e. The number of fused-ring (bicyclic) bond motifs is 1. The summed E-state index contributed by atoms with van der Waals surface area (Å²) in [7, 11) is 0. The van der Waals surface area contributed by atoms with Crippen LogP contribution in [0.25, 0.3) is 0 Å². The summed E-state index contributed by atoms with van der Waals surface area (Å²) in [5.41, 5.74) is 2.73. The zero-order valence-corrected chi connectivity index (χ0v) is 12.8. The van der Waals surface area contributed by atoms with Gasteiger partial charge < -0.3 is 10.6 Å². The molecule has 0 bridgehead atoms. The van der Waals surface area contributed by atoms with Crippen molar-refractivity contribution in [1.82, 2.24) is 10.3 Å². The predicted molar refractivity (Wildman–Crippen MR) is 85.4 cm³/mol. The molecule has 1 aliphatic rings. The number of hydrogen-bond acceptors (Lipinski definition) is 4. The van der Waals surface area contributed by atoms with Crippen LogP contribution in [0.2, 0.25) is 0 Å². The van der Waals surface area contributed by atoms with Gasteiger partial charge in [0, 0.05) is 29.9 Å². The Morgan fingerprint density at radius 2 is 2.30 bits per heavy atom. The number of rotatable bonds is 4. The van der Waals surface area contributed by atoms with Crippen molar-refractivity contribution in [3.63, 3.8) is 0 Å². The van der Waals surface area contributed by atoms with E-state index in [0.29, 0.717) is 12.0 Å². The Morgan fingerprint density at radius 1 is 1.45 bits per heavy atom. The molecule has 2 unspecified atom stereocenters. The third-order valence-corrected chi connectivity index (χ3v) is 4.92. The van der Waals surface area contributed by atoms with Crippen LogP contribution in [0.15, 0.2) is 30.5 Å². The molecule has 3 nitrogen and oxygen atoms in total. The average Bonchev–Trinajstić information content (AvgIpc) is 2.91. The first kappa shape index (κ1) is 13.6. The minimum atomic E-state index is 0.339. The van der Waals surface area contributed by atoms with E-state index in [-0.39, 0.29) is 0 Å². The Kier molecular flexibility index (Phi) is 4.03. The molecule has 0 amide bonds. The second-order valence-corrected chi connectivity index (χ2v) is 6.81. The summed E-state index contributed by atoms with van der Waals surface area (Å²) < 4.78 is 0. The molecule has 2 heterocycles. The Balaban J connectivity index is 1.55. The Hall–Kier alpha value is -1.39. The molecule has 1 aromatic heterocycles. The topological polar surface area (TPSA) is 37.0 Å². The lowest BCUT2D eigenvalue weighted by molar-refractivity contribution is 0.448. The van der Waals surface area contributed by atoms with Crippen molar-refractivity contribution < 1.29 is 0 Å². The minimum Gasteiger partial charge on any atom is -0.384 e. The first-order chi connectivity index (χ1) is 9.72.